The summed E-state index contributed by atoms with van der Waals surface area (Å²) in [6.45, 7) is -0.0120. The van der Waals surface area contributed by atoms with E-state index in [2.05, 4.69) is 20.3 Å². The van der Waals surface area contributed by atoms with Crippen LogP contribution in [-0.2, 0) is 17.5 Å². The number of anilines is 2. The zero-order chi connectivity index (χ0) is 27.9. The predicted octanol–water partition coefficient (Wildman–Crippen LogP) is 3.89. The molecular formula is C25H17F4N7O2S. The van der Waals surface area contributed by atoms with Crippen molar-refractivity contribution in [2.45, 2.75) is 37.5 Å². The van der Waals surface area contributed by atoms with Crippen LogP contribution in [0.2, 0.25) is 0 Å². The Labute approximate surface area is 224 Å². The van der Waals surface area contributed by atoms with Gasteiger partial charge in [-0.25, -0.2) is 9.37 Å². The van der Waals surface area contributed by atoms with Gasteiger partial charge in [0, 0.05) is 12.4 Å². The van der Waals surface area contributed by atoms with Crippen LogP contribution in [0.25, 0.3) is 0 Å². The molecule has 198 valence electrons. The molecule has 1 aliphatic heterocycles. The van der Waals surface area contributed by atoms with Crippen molar-refractivity contribution in [2.75, 3.05) is 9.80 Å². The molecule has 5 rings (SSSR count). The third-order valence-corrected chi connectivity index (χ3v) is 7.01. The normalized spacial score (nSPS) is 16.3. The lowest BCUT2D eigenvalue weighted by Gasteiger charge is -2.43. The Morgan fingerprint density at radius 1 is 1.21 bits per heavy atom. The fourth-order valence-electron chi connectivity index (χ4n) is 4.62. The number of nitrogens with zero attached hydrogens (tertiary/aromatic N) is 6. The Morgan fingerprint density at radius 3 is 2.59 bits per heavy atom. The lowest BCUT2D eigenvalue weighted by atomic mass is 9.75. The molecule has 3 heterocycles. The summed E-state index contributed by atoms with van der Waals surface area (Å²) < 4.78 is 56.6. The average molecular weight is 556 g/mol. The number of hydrogen-bond acceptors (Lipinski definition) is 7. The summed E-state index contributed by atoms with van der Waals surface area (Å²) in [5.41, 5.74) is -3.86. The minimum Gasteiger partial charge on any atom is -0.346 e. The number of hydrogen-bond donors (Lipinski definition) is 1. The fourth-order valence-corrected chi connectivity index (χ4v) is 5.08. The molecule has 1 saturated heterocycles. The second-order valence-electron chi connectivity index (χ2n) is 8.86. The Hall–Kier alpha value is -4.51. The highest BCUT2D eigenvalue weighted by Gasteiger charge is 2.60. The lowest BCUT2D eigenvalue weighted by Crippen LogP contribution is -2.55. The van der Waals surface area contributed by atoms with Crippen molar-refractivity contribution in [3.8, 4) is 6.07 Å². The number of nitrogens with one attached hydrogen (secondary N) is 1. The Morgan fingerprint density at radius 2 is 1.97 bits per heavy atom. The van der Waals surface area contributed by atoms with E-state index in [1.165, 1.54) is 47.8 Å². The van der Waals surface area contributed by atoms with Crippen molar-refractivity contribution in [1.82, 2.24) is 20.3 Å². The van der Waals surface area contributed by atoms with Crippen molar-refractivity contribution < 1.29 is 27.2 Å². The first-order valence-corrected chi connectivity index (χ1v) is 12.0. The highest BCUT2D eigenvalue weighted by molar-refractivity contribution is 7.81. The first-order chi connectivity index (χ1) is 18.6. The fraction of sp³-hybridized carbons (Fsp3) is 0.240. The summed E-state index contributed by atoms with van der Waals surface area (Å²) >= 11 is 5.51. The van der Waals surface area contributed by atoms with Crippen molar-refractivity contribution in [3.63, 3.8) is 0 Å². The summed E-state index contributed by atoms with van der Waals surface area (Å²) in [5, 5.41) is 11.3. The molecule has 0 radical (unpaired) electrons. The van der Waals surface area contributed by atoms with Crippen LogP contribution in [-0.4, -0.2) is 37.4 Å². The van der Waals surface area contributed by atoms with Crippen LogP contribution >= 0.6 is 12.2 Å². The zero-order valence-electron chi connectivity index (χ0n) is 19.9. The summed E-state index contributed by atoms with van der Waals surface area (Å²) in [6.07, 6.45) is 1.51. The van der Waals surface area contributed by atoms with Crippen molar-refractivity contribution in [2.24, 2.45) is 0 Å². The molecule has 1 saturated carbocycles. The number of nitriles is 1. The molecule has 2 aromatic heterocycles. The number of carbonyl (C=O) groups is 2. The maximum absolute atomic E-state index is 15.8. The highest BCUT2D eigenvalue weighted by Crippen LogP contribution is 2.49. The number of benzene rings is 1. The molecule has 1 N–H and O–H groups in total. The molecule has 0 bridgehead atoms. The Kier molecular flexibility index (Phi) is 6.47. The van der Waals surface area contributed by atoms with Gasteiger partial charge in [0.05, 0.1) is 47.1 Å². The van der Waals surface area contributed by atoms with Gasteiger partial charge in [-0.1, -0.05) is 6.07 Å². The van der Waals surface area contributed by atoms with Gasteiger partial charge in [-0.3, -0.25) is 24.5 Å². The Bertz CT molecular complexity index is 1540. The number of pyridine rings is 1. The number of amides is 2. The van der Waals surface area contributed by atoms with Crippen molar-refractivity contribution >= 4 is 40.5 Å². The summed E-state index contributed by atoms with van der Waals surface area (Å²) in [5.74, 6) is -2.34. The molecule has 1 aliphatic carbocycles. The lowest BCUT2D eigenvalue weighted by molar-refractivity contribution is -0.138. The van der Waals surface area contributed by atoms with Gasteiger partial charge in [0.1, 0.15) is 11.6 Å². The number of alkyl halides is 3. The van der Waals surface area contributed by atoms with E-state index < -0.39 is 40.6 Å². The topological polar surface area (TPSA) is 115 Å². The third-order valence-electron chi connectivity index (χ3n) is 6.65. The molecule has 14 heteroatoms. The molecule has 3 aromatic rings. The standard InChI is InChI=1S/C25H17F4N7O2S/c26-20-16(21(37)34-12-14-11-31-7-8-32-14)3-1-4-19(20)36-23(39)35(22(38)24(36)5-2-6-24)15-9-17(25(27,28)29)18(10-30)33-13-15/h1,3-4,7-9,11,13H,2,5-6,12H2,(H,34,37). The van der Waals surface area contributed by atoms with E-state index in [9.17, 15) is 22.8 Å². The van der Waals surface area contributed by atoms with Crippen LogP contribution < -0.4 is 15.1 Å². The number of aromatic nitrogens is 3. The smallest absolute Gasteiger partial charge is 0.346 e. The average Bonchev–Trinajstić information content (AvgIpc) is 3.13. The third kappa shape index (κ3) is 4.34. The van der Waals surface area contributed by atoms with Gasteiger partial charge in [0.15, 0.2) is 16.6 Å². The van der Waals surface area contributed by atoms with Crippen molar-refractivity contribution in [1.29, 1.82) is 5.26 Å². The van der Waals surface area contributed by atoms with Crippen LogP contribution in [0.3, 0.4) is 0 Å². The molecule has 9 nitrogen and oxygen atoms in total. The van der Waals surface area contributed by atoms with E-state index in [1.54, 1.807) is 0 Å². The van der Waals surface area contributed by atoms with E-state index in [0.717, 1.165) is 11.1 Å². The summed E-state index contributed by atoms with van der Waals surface area (Å²) in [4.78, 5) is 40.1. The van der Waals surface area contributed by atoms with Gasteiger partial charge in [0.25, 0.3) is 11.8 Å². The van der Waals surface area contributed by atoms with Crippen LogP contribution in [0.5, 0.6) is 0 Å². The molecule has 0 unspecified atom stereocenters. The van der Waals surface area contributed by atoms with Crippen LogP contribution in [0.1, 0.15) is 46.6 Å². The molecule has 2 aliphatic rings. The van der Waals surface area contributed by atoms with E-state index in [1.807, 2.05) is 0 Å². The van der Waals surface area contributed by atoms with E-state index in [4.69, 9.17) is 17.5 Å². The molecule has 2 amide bonds. The van der Waals surface area contributed by atoms with Crippen LogP contribution in [0.15, 0.2) is 49.1 Å². The second-order valence-corrected chi connectivity index (χ2v) is 9.23. The quantitative estimate of drug-likeness (QED) is 0.373. The van der Waals surface area contributed by atoms with Gasteiger partial charge in [-0.15, -0.1) is 0 Å². The number of thiocarbonyl (C=S) groups is 1. The van der Waals surface area contributed by atoms with Crippen LogP contribution in [0.4, 0.5) is 28.9 Å². The monoisotopic (exact) mass is 555 g/mol. The maximum atomic E-state index is 15.8. The van der Waals surface area contributed by atoms with E-state index in [-0.39, 0.29) is 41.4 Å². The number of rotatable bonds is 5. The molecule has 1 aromatic carbocycles. The van der Waals surface area contributed by atoms with Gasteiger partial charge < -0.3 is 10.2 Å². The first-order valence-electron chi connectivity index (χ1n) is 11.6. The minimum absolute atomic E-state index is 0.0120. The minimum atomic E-state index is -4.91. The second kappa shape index (κ2) is 9.66. The summed E-state index contributed by atoms with van der Waals surface area (Å²) in [6, 6.07) is 6.04. The molecule has 1 spiro atoms. The first kappa shape index (κ1) is 26.1. The van der Waals surface area contributed by atoms with Gasteiger partial charge >= 0.3 is 6.18 Å². The van der Waals surface area contributed by atoms with Gasteiger partial charge in [-0.05, 0) is 49.7 Å². The molecule has 0 atom stereocenters. The highest BCUT2D eigenvalue weighted by atomic mass is 32.1. The van der Waals surface area contributed by atoms with E-state index in [0.29, 0.717) is 18.2 Å². The number of carbonyl (C=O) groups excluding carboxylic acids is 2. The molecular weight excluding hydrogens is 538 g/mol. The van der Waals surface area contributed by atoms with Gasteiger partial charge in [-0.2, -0.15) is 18.4 Å². The SMILES string of the molecule is N#Cc1ncc(N2C(=O)C3(CCC3)N(c3cccc(C(=O)NCc4cnccn4)c3F)C2=S)cc1C(F)(F)F. The zero-order valence-corrected chi connectivity index (χ0v) is 20.7. The maximum Gasteiger partial charge on any atom is 0.419 e. The molecule has 39 heavy (non-hydrogen) atoms. The predicted molar refractivity (Wildman–Crippen MR) is 133 cm³/mol. The molecule has 2 fully saturated rings. The van der Waals surface area contributed by atoms with Crippen LogP contribution in [0, 0.1) is 17.1 Å². The number of halogens is 4. The largest absolute Gasteiger partial charge is 0.419 e. The Balaban J connectivity index is 1.51. The summed E-state index contributed by atoms with van der Waals surface area (Å²) in [7, 11) is 0. The van der Waals surface area contributed by atoms with Crippen molar-refractivity contribution in [3.05, 3.63) is 77.4 Å². The van der Waals surface area contributed by atoms with Gasteiger partial charge in [0.2, 0.25) is 0 Å². The van der Waals surface area contributed by atoms with E-state index >= 15 is 4.39 Å².